The molecule has 0 spiro atoms. The number of carbonyl (C=O) groups is 4. The van der Waals surface area contributed by atoms with E-state index in [1.54, 1.807) is 54.6 Å². The monoisotopic (exact) mass is 509 g/mol. The van der Waals surface area contributed by atoms with Crippen molar-refractivity contribution in [3.63, 3.8) is 0 Å². The van der Waals surface area contributed by atoms with Crippen LogP contribution in [0.3, 0.4) is 0 Å². The lowest BCUT2D eigenvalue weighted by molar-refractivity contribution is 0.0912. The van der Waals surface area contributed by atoms with Crippen molar-refractivity contribution in [2.24, 2.45) is 0 Å². The Labute approximate surface area is 184 Å². The number of hydrogen-bond donors (Lipinski definition) is 1. The summed E-state index contributed by atoms with van der Waals surface area (Å²) >= 11 is 2.08. The average molecular weight is 509 g/mol. The Morgan fingerprint density at radius 3 is 1.93 bits per heavy atom. The molecular weight excluding hydrogens is 497 g/mol. The Morgan fingerprint density at radius 1 is 0.633 bits per heavy atom. The number of anilines is 3. The minimum atomic E-state index is -0.540. The predicted molar refractivity (Wildman–Crippen MR) is 119 cm³/mol. The number of hydrogen-bond acceptors (Lipinski definition) is 5. The molecule has 0 saturated carbocycles. The van der Waals surface area contributed by atoms with Crippen LogP contribution in [-0.4, -0.2) is 23.6 Å². The van der Waals surface area contributed by atoms with Gasteiger partial charge in [-0.15, -0.1) is 0 Å². The number of fused-ring (bicyclic) bond motifs is 2. The first kappa shape index (κ1) is 18.5. The van der Waals surface area contributed by atoms with Gasteiger partial charge in [-0.05, 0) is 71.1 Å². The maximum absolute atomic E-state index is 12.9. The van der Waals surface area contributed by atoms with E-state index in [-0.39, 0.29) is 28.2 Å². The van der Waals surface area contributed by atoms with E-state index in [2.05, 4.69) is 22.6 Å². The molecule has 0 atom stereocenters. The molecule has 0 unspecified atom stereocenters. The molecule has 2 N–H and O–H groups in total. The molecule has 0 bridgehead atoms. The minimum absolute atomic E-state index is 0.156. The fraction of sp³-hybridized carbons (Fsp3) is 0. The molecule has 30 heavy (non-hydrogen) atoms. The Balaban J connectivity index is 1.56. The third-order valence-electron chi connectivity index (χ3n) is 5.14. The van der Waals surface area contributed by atoms with Crippen molar-refractivity contribution in [3.8, 4) is 0 Å². The van der Waals surface area contributed by atoms with Crippen LogP contribution in [0.25, 0.3) is 0 Å². The summed E-state index contributed by atoms with van der Waals surface area (Å²) in [6.07, 6.45) is 0. The highest BCUT2D eigenvalue weighted by molar-refractivity contribution is 14.1. The zero-order valence-electron chi connectivity index (χ0n) is 15.3. The van der Waals surface area contributed by atoms with E-state index in [0.717, 1.165) is 13.4 Å². The van der Waals surface area contributed by atoms with Crippen molar-refractivity contribution in [1.29, 1.82) is 0 Å². The molecule has 7 nitrogen and oxygen atoms in total. The van der Waals surface area contributed by atoms with E-state index in [4.69, 9.17) is 5.73 Å². The summed E-state index contributed by atoms with van der Waals surface area (Å²) in [7, 11) is 0. The normalized spacial score (nSPS) is 15.1. The van der Waals surface area contributed by atoms with E-state index in [1.807, 2.05) is 0 Å². The fourth-order valence-electron chi connectivity index (χ4n) is 3.76. The lowest BCUT2D eigenvalue weighted by Gasteiger charge is -2.18. The van der Waals surface area contributed by atoms with E-state index in [1.165, 1.54) is 6.07 Å². The van der Waals surface area contributed by atoms with Gasteiger partial charge in [-0.2, -0.15) is 0 Å². The number of rotatable bonds is 2. The molecule has 3 aromatic rings. The fourth-order valence-corrected chi connectivity index (χ4v) is 4.26. The van der Waals surface area contributed by atoms with Crippen LogP contribution < -0.4 is 15.5 Å². The van der Waals surface area contributed by atoms with Gasteiger partial charge in [0.1, 0.15) is 0 Å². The predicted octanol–water partition coefficient (Wildman–Crippen LogP) is 3.47. The Morgan fingerprint density at radius 2 is 1.23 bits per heavy atom. The summed E-state index contributed by atoms with van der Waals surface area (Å²) < 4.78 is 0.840. The van der Waals surface area contributed by atoms with Crippen LogP contribution in [0.5, 0.6) is 0 Å². The highest BCUT2D eigenvalue weighted by Crippen LogP contribution is 2.35. The first-order chi connectivity index (χ1) is 14.4. The number of imide groups is 2. The first-order valence-electron chi connectivity index (χ1n) is 8.94. The zero-order chi connectivity index (χ0) is 21.2. The van der Waals surface area contributed by atoms with Gasteiger partial charge in [0.05, 0.1) is 33.6 Å². The second-order valence-electron chi connectivity index (χ2n) is 6.87. The quantitative estimate of drug-likeness (QED) is 0.324. The molecule has 0 fully saturated rings. The topological polar surface area (TPSA) is 101 Å². The summed E-state index contributed by atoms with van der Waals surface area (Å²) in [5.74, 6) is -1.94. The number of nitrogens with zero attached hydrogens (tertiary/aromatic N) is 2. The first-order valence-corrected chi connectivity index (χ1v) is 10.0. The standard InChI is InChI=1S/C22H12IN3O4/c23-11-7-8-14-16(9-11)21(29)25(19(14)27)12-3-1-4-13(10-12)26-20(28)15-5-2-6-17(24)18(15)22(26)30/h1-10H,24H2. The van der Waals surface area contributed by atoms with Gasteiger partial charge < -0.3 is 5.73 Å². The second-order valence-corrected chi connectivity index (χ2v) is 8.12. The second kappa shape index (κ2) is 6.49. The highest BCUT2D eigenvalue weighted by Gasteiger charge is 2.40. The third kappa shape index (κ3) is 2.50. The summed E-state index contributed by atoms with van der Waals surface area (Å²) in [4.78, 5) is 53.5. The maximum atomic E-state index is 12.9. The van der Waals surface area contributed by atoms with Crippen LogP contribution in [-0.2, 0) is 0 Å². The highest BCUT2D eigenvalue weighted by atomic mass is 127. The smallest absolute Gasteiger partial charge is 0.268 e. The van der Waals surface area contributed by atoms with Crippen molar-refractivity contribution >= 4 is 63.3 Å². The largest absolute Gasteiger partial charge is 0.398 e. The van der Waals surface area contributed by atoms with E-state index in [9.17, 15) is 19.2 Å². The molecule has 0 radical (unpaired) electrons. The van der Waals surface area contributed by atoms with Crippen molar-refractivity contribution in [2.75, 3.05) is 15.5 Å². The molecule has 0 aliphatic carbocycles. The summed E-state index contributed by atoms with van der Waals surface area (Å²) in [6, 6.07) is 16.0. The van der Waals surface area contributed by atoms with Gasteiger partial charge in [-0.25, -0.2) is 9.80 Å². The van der Waals surface area contributed by atoms with Crippen molar-refractivity contribution < 1.29 is 19.2 Å². The Bertz CT molecular complexity index is 1320. The summed E-state index contributed by atoms with van der Waals surface area (Å²) in [5.41, 5.74) is 7.67. The molecule has 146 valence electrons. The van der Waals surface area contributed by atoms with Crippen LogP contribution in [0.1, 0.15) is 41.4 Å². The Kier molecular flexibility index (Phi) is 4.00. The van der Waals surface area contributed by atoms with E-state index >= 15 is 0 Å². The van der Waals surface area contributed by atoms with Gasteiger partial charge in [0.15, 0.2) is 0 Å². The average Bonchev–Trinajstić information content (AvgIpc) is 3.13. The van der Waals surface area contributed by atoms with Gasteiger partial charge in [0.25, 0.3) is 23.6 Å². The molecule has 0 aromatic heterocycles. The lowest BCUT2D eigenvalue weighted by atomic mass is 10.1. The van der Waals surface area contributed by atoms with Crippen molar-refractivity contribution in [2.45, 2.75) is 0 Å². The number of nitrogens with two attached hydrogens (primary N) is 1. The van der Waals surface area contributed by atoms with Crippen LogP contribution in [0, 0.1) is 3.57 Å². The van der Waals surface area contributed by atoms with Gasteiger partial charge in [0.2, 0.25) is 0 Å². The molecule has 8 heteroatoms. The summed E-state index contributed by atoms with van der Waals surface area (Å²) in [5, 5.41) is 0. The number of benzene rings is 3. The summed E-state index contributed by atoms with van der Waals surface area (Å²) in [6.45, 7) is 0. The third-order valence-corrected chi connectivity index (χ3v) is 5.81. The molecule has 2 aliphatic heterocycles. The minimum Gasteiger partial charge on any atom is -0.398 e. The molecular formula is C22H12IN3O4. The van der Waals surface area contributed by atoms with Crippen LogP contribution in [0.2, 0.25) is 0 Å². The van der Waals surface area contributed by atoms with Crippen LogP contribution in [0.4, 0.5) is 17.1 Å². The van der Waals surface area contributed by atoms with Crippen molar-refractivity contribution in [3.05, 3.63) is 86.5 Å². The lowest BCUT2D eigenvalue weighted by Crippen LogP contribution is -2.31. The number of halogens is 1. The molecule has 2 aliphatic rings. The molecule has 5 rings (SSSR count). The molecule has 4 amide bonds. The van der Waals surface area contributed by atoms with Gasteiger partial charge in [-0.1, -0.05) is 12.1 Å². The van der Waals surface area contributed by atoms with Gasteiger partial charge in [-0.3, -0.25) is 19.2 Å². The number of amides is 4. The van der Waals surface area contributed by atoms with Crippen molar-refractivity contribution in [1.82, 2.24) is 0 Å². The van der Waals surface area contributed by atoms with Gasteiger partial charge in [0, 0.05) is 9.26 Å². The maximum Gasteiger partial charge on any atom is 0.268 e. The molecule has 0 saturated heterocycles. The van der Waals surface area contributed by atoms with Gasteiger partial charge >= 0.3 is 0 Å². The molecule has 3 aromatic carbocycles. The van der Waals surface area contributed by atoms with Crippen LogP contribution >= 0.6 is 22.6 Å². The van der Waals surface area contributed by atoms with E-state index in [0.29, 0.717) is 11.1 Å². The zero-order valence-corrected chi connectivity index (χ0v) is 17.4. The molecule has 2 heterocycles. The van der Waals surface area contributed by atoms with Crippen LogP contribution in [0.15, 0.2) is 60.7 Å². The SMILES string of the molecule is Nc1cccc2c1C(=O)N(c1cccc(N3C(=O)c4ccc(I)cc4C3=O)c1)C2=O. The Hall–Kier alpha value is -3.53. The number of carbonyl (C=O) groups excluding carboxylic acids is 4. The number of nitrogen functional groups attached to an aromatic ring is 1. The van der Waals surface area contributed by atoms with E-state index < -0.39 is 23.6 Å².